The van der Waals surface area contributed by atoms with E-state index in [4.69, 9.17) is 29.6 Å². The van der Waals surface area contributed by atoms with Gasteiger partial charge in [0.1, 0.15) is 10.1 Å². The molecule has 1 unspecified atom stereocenters. The van der Waals surface area contributed by atoms with Gasteiger partial charge in [-0.2, -0.15) is 0 Å². The van der Waals surface area contributed by atoms with Gasteiger partial charge in [0.2, 0.25) is 0 Å². The van der Waals surface area contributed by atoms with E-state index in [9.17, 15) is 0 Å². The molecule has 0 amide bonds. The van der Waals surface area contributed by atoms with E-state index >= 15 is 0 Å². The van der Waals surface area contributed by atoms with Crippen LogP contribution in [0.25, 0.3) is 0 Å². The van der Waals surface area contributed by atoms with Crippen molar-refractivity contribution < 1.29 is 0 Å². The molecule has 2 aliphatic rings. The Kier molecular flexibility index (Phi) is 10.0. The Balaban J connectivity index is 1.74. The highest BCUT2D eigenvalue weighted by Gasteiger charge is 2.23. The van der Waals surface area contributed by atoms with E-state index in [0.29, 0.717) is 32.8 Å². The number of hydrogen-bond acceptors (Lipinski definition) is 4. The van der Waals surface area contributed by atoms with E-state index in [0.717, 1.165) is 36.3 Å². The molecule has 182 valence electrons. The molecule has 1 atom stereocenters. The lowest BCUT2D eigenvalue weighted by atomic mass is 9.92. The molecule has 1 aliphatic carbocycles. The number of allylic oxidation sites excluding steroid dienone is 3. The predicted molar refractivity (Wildman–Crippen MR) is 154 cm³/mol. The summed E-state index contributed by atoms with van der Waals surface area (Å²) in [6.45, 7) is 11.5. The summed E-state index contributed by atoms with van der Waals surface area (Å²) < 4.78 is 0.642. The minimum Gasteiger partial charge on any atom is -0.385 e. The third kappa shape index (κ3) is 7.31. The van der Waals surface area contributed by atoms with Crippen molar-refractivity contribution in [1.29, 1.82) is 0 Å². The van der Waals surface area contributed by atoms with Crippen LogP contribution in [0, 0.1) is 30.6 Å². The van der Waals surface area contributed by atoms with Crippen LogP contribution in [0.15, 0.2) is 53.0 Å². The molecule has 0 aromatic heterocycles. The zero-order valence-electron chi connectivity index (χ0n) is 20.5. The number of rotatable bonds is 6. The van der Waals surface area contributed by atoms with E-state index in [-0.39, 0.29) is 0 Å². The van der Waals surface area contributed by atoms with Crippen LogP contribution in [0.3, 0.4) is 0 Å². The first-order valence-corrected chi connectivity index (χ1v) is 13.9. The standard InChI is InChI=1S/C28H36ClN3S2/c1-5-21(4)27(31-28(33)34-14-8-11-22-9-6-7-10-22)24(29)17-26(30)32-18-20(3)16-23-15-19(2)12-13-25(23)32/h12-13,15,17,20,22H,4-7,9-10,14,16,18,30H2,1-3H3,(H,31,33)/b26-17+,27-24-. The average molecular weight is 514 g/mol. The summed E-state index contributed by atoms with van der Waals surface area (Å²) in [5.41, 5.74) is 11.9. The van der Waals surface area contributed by atoms with Gasteiger partial charge >= 0.3 is 0 Å². The van der Waals surface area contributed by atoms with E-state index in [1.54, 1.807) is 0 Å². The summed E-state index contributed by atoms with van der Waals surface area (Å²) in [5.74, 6) is 9.00. The second-order valence-electron chi connectivity index (χ2n) is 9.30. The second-order valence-corrected chi connectivity index (χ2v) is 11.4. The van der Waals surface area contributed by atoms with Gasteiger partial charge in [-0.05, 0) is 61.8 Å². The molecule has 1 saturated carbocycles. The fraction of sp³-hybridized carbons (Fsp3) is 0.464. The molecule has 1 fully saturated rings. The molecule has 34 heavy (non-hydrogen) atoms. The Labute approximate surface area is 220 Å². The van der Waals surface area contributed by atoms with Crippen LogP contribution in [-0.4, -0.2) is 16.6 Å². The number of benzene rings is 1. The van der Waals surface area contributed by atoms with Crippen molar-refractivity contribution in [3.8, 4) is 11.8 Å². The minimum absolute atomic E-state index is 0.501. The van der Waals surface area contributed by atoms with Crippen molar-refractivity contribution in [2.24, 2.45) is 17.6 Å². The molecule has 0 radical (unpaired) electrons. The smallest absolute Gasteiger partial charge is 0.139 e. The number of aryl methyl sites for hydroxylation is 1. The molecule has 1 aromatic rings. The normalized spacial score (nSPS) is 19.1. The maximum absolute atomic E-state index is 6.79. The molecule has 0 spiro atoms. The number of hydrogen-bond donors (Lipinski definition) is 2. The van der Waals surface area contributed by atoms with Gasteiger partial charge in [0.15, 0.2) is 0 Å². The predicted octanol–water partition coefficient (Wildman–Crippen LogP) is 7.01. The fourth-order valence-electron chi connectivity index (χ4n) is 4.51. The second kappa shape index (κ2) is 12.7. The van der Waals surface area contributed by atoms with Crippen LogP contribution in [0.2, 0.25) is 0 Å². The first-order chi connectivity index (χ1) is 16.3. The maximum Gasteiger partial charge on any atom is 0.139 e. The average Bonchev–Trinajstić information content (AvgIpc) is 3.32. The van der Waals surface area contributed by atoms with Crippen LogP contribution in [-0.2, 0) is 6.42 Å². The molecule has 0 bridgehead atoms. The van der Waals surface area contributed by atoms with E-state index < -0.39 is 0 Å². The molecule has 0 saturated heterocycles. The van der Waals surface area contributed by atoms with Gasteiger partial charge in [0, 0.05) is 18.2 Å². The Morgan fingerprint density at radius 3 is 2.82 bits per heavy atom. The van der Waals surface area contributed by atoms with Crippen molar-refractivity contribution in [2.45, 2.75) is 59.3 Å². The first-order valence-electron chi connectivity index (χ1n) is 12.1. The van der Waals surface area contributed by atoms with Crippen LogP contribution in [0.4, 0.5) is 5.69 Å². The Hall–Kier alpha value is -1.87. The number of nitrogens with zero attached hydrogens (tertiary/aromatic N) is 1. The molecular weight excluding hydrogens is 478 g/mol. The van der Waals surface area contributed by atoms with Gasteiger partial charge in [0.05, 0.1) is 16.5 Å². The van der Waals surface area contributed by atoms with Gasteiger partial charge in [-0.25, -0.2) is 0 Å². The van der Waals surface area contributed by atoms with E-state index in [1.807, 2.05) is 6.08 Å². The third-order valence-corrected chi connectivity index (χ3v) is 7.76. The number of thioether (sulfide) groups is 1. The van der Waals surface area contributed by atoms with Gasteiger partial charge in [-0.15, -0.1) is 0 Å². The zero-order chi connectivity index (χ0) is 24.7. The number of fused-ring (bicyclic) bond motifs is 1. The van der Waals surface area contributed by atoms with Crippen molar-refractivity contribution in [1.82, 2.24) is 5.32 Å². The molecule has 1 aliphatic heterocycles. The number of nitrogens with one attached hydrogen (secondary N) is 1. The highest BCUT2D eigenvalue weighted by molar-refractivity contribution is 8.23. The number of anilines is 1. The number of nitrogens with two attached hydrogens (primary N) is 1. The van der Waals surface area contributed by atoms with Crippen LogP contribution >= 0.6 is 35.6 Å². The Morgan fingerprint density at radius 1 is 1.38 bits per heavy atom. The van der Waals surface area contributed by atoms with Gasteiger partial charge < -0.3 is 16.0 Å². The highest BCUT2D eigenvalue weighted by Crippen LogP contribution is 2.33. The molecule has 1 heterocycles. The highest BCUT2D eigenvalue weighted by atomic mass is 35.5. The number of halogens is 1. The first kappa shape index (κ1) is 26.7. The lowest BCUT2D eigenvalue weighted by molar-refractivity contribution is 0.551. The van der Waals surface area contributed by atoms with Gasteiger partial charge in [-0.3, -0.25) is 0 Å². The van der Waals surface area contributed by atoms with Crippen molar-refractivity contribution in [3.05, 3.63) is 64.1 Å². The Morgan fingerprint density at radius 2 is 2.12 bits per heavy atom. The lowest BCUT2D eigenvalue weighted by Crippen LogP contribution is -2.36. The quantitative estimate of drug-likeness (QED) is 0.243. The van der Waals surface area contributed by atoms with Crippen molar-refractivity contribution in [2.75, 3.05) is 17.2 Å². The van der Waals surface area contributed by atoms with Crippen LogP contribution in [0.1, 0.15) is 57.1 Å². The minimum atomic E-state index is 0.501. The molecule has 3 nitrogen and oxygen atoms in total. The zero-order valence-corrected chi connectivity index (χ0v) is 22.9. The SMILES string of the molecule is C=C(CC)/C(NC(=S)SCC#CC1CCCC1)=C(Cl)\C=C(/N)N1CC(C)Cc2cc(C)ccc21. The van der Waals surface area contributed by atoms with Crippen LogP contribution in [0.5, 0.6) is 0 Å². The fourth-order valence-corrected chi connectivity index (χ4v) is 5.54. The molecule has 3 rings (SSSR count). The molecule has 1 aromatic carbocycles. The van der Waals surface area contributed by atoms with E-state index in [1.165, 1.54) is 48.6 Å². The molecular formula is C28H36ClN3S2. The monoisotopic (exact) mass is 513 g/mol. The third-order valence-electron chi connectivity index (χ3n) is 6.36. The Bertz CT molecular complexity index is 1040. The van der Waals surface area contributed by atoms with Gasteiger partial charge in [0.25, 0.3) is 0 Å². The summed E-state index contributed by atoms with van der Waals surface area (Å²) in [5, 5.41) is 3.81. The summed E-state index contributed by atoms with van der Waals surface area (Å²) in [7, 11) is 0. The largest absolute Gasteiger partial charge is 0.385 e. The number of thiocarbonyl (C=S) groups is 1. The lowest BCUT2D eigenvalue weighted by Gasteiger charge is -2.35. The van der Waals surface area contributed by atoms with Crippen molar-refractivity contribution >= 4 is 45.6 Å². The maximum atomic E-state index is 6.79. The van der Waals surface area contributed by atoms with Gasteiger partial charge in [-0.1, -0.05) is 98.4 Å². The topological polar surface area (TPSA) is 41.3 Å². The summed E-state index contributed by atoms with van der Waals surface area (Å²) in [4.78, 5) is 2.16. The summed E-state index contributed by atoms with van der Waals surface area (Å²) >= 11 is 13.9. The summed E-state index contributed by atoms with van der Waals surface area (Å²) in [6.07, 6.45) is 8.69. The molecule has 6 heteroatoms. The van der Waals surface area contributed by atoms with Crippen molar-refractivity contribution in [3.63, 3.8) is 0 Å². The van der Waals surface area contributed by atoms with E-state index in [2.05, 4.69) is 67.6 Å². The molecule has 3 N–H and O–H groups in total. The summed E-state index contributed by atoms with van der Waals surface area (Å²) in [6, 6.07) is 6.53. The van der Waals surface area contributed by atoms with Crippen LogP contribution < -0.4 is 16.0 Å².